The summed E-state index contributed by atoms with van der Waals surface area (Å²) >= 11 is 0. The highest BCUT2D eigenvalue weighted by Gasteiger charge is 2.35. The maximum absolute atomic E-state index is 12.8. The first-order valence-electron chi connectivity index (χ1n) is 11.9. The van der Waals surface area contributed by atoms with Gasteiger partial charge in [-0.15, -0.1) is 4.40 Å². The highest BCUT2D eigenvalue weighted by atomic mass is 32.2. The fourth-order valence-corrected chi connectivity index (χ4v) is 6.32. The number of piperidine rings is 1. The second-order valence-corrected chi connectivity index (χ2v) is 10.8. The predicted octanol–water partition coefficient (Wildman–Crippen LogP) is 1.24. The number of benzene rings is 1. The van der Waals surface area contributed by atoms with Crippen molar-refractivity contribution in [2.24, 2.45) is 10.3 Å². The van der Waals surface area contributed by atoms with Crippen LogP contribution in [0.4, 0.5) is 0 Å². The number of rotatable bonds is 6. The van der Waals surface area contributed by atoms with Crippen LogP contribution in [0.1, 0.15) is 25.3 Å². The van der Waals surface area contributed by atoms with Crippen molar-refractivity contribution in [3.8, 4) is 5.75 Å². The first-order valence-corrected chi connectivity index (χ1v) is 13.4. The van der Waals surface area contributed by atoms with E-state index in [9.17, 15) is 13.2 Å². The zero-order valence-electron chi connectivity index (χ0n) is 20.3. The standard InChI is InChI=1S/C24H35N5O4S/c1-18-22(19-4-6-21(33-3)7-5-19)34(31,32)26-23(18)29-11-8-20(9-12-29)24(30)25-10-13-28-16-14-27(2)15-17-28/h4-7,20H,8-17H2,1-3H3,(H,25,30). The van der Waals surface area contributed by atoms with Crippen molar-refractivity contribution < 1.29 is 17.9 Å². The molecule has 0 radical (unpaired) electrons. The molecule has 1 N–H and O–H groups in total. The van der Waals surface area contributed by atoms with E-state index < -0.39 is 10.0 Å². The third-order valence-electron chi connectivity index (χ3n) is 6.98. The number of hydrogen-bond donors (Lipinski definition) is 1. The lowest BCUT2D eigenvalue weighted by atomic mass is 9.95. The van der Waals surface area contributed by atoms with Crippen molar-refractivity contribution in [1.29, 1.82) is 0 Å². The summed E-state index contributed by atoms with van der Waals surface area (Å²) in [5, 5.41) is 3.10. The van der Waals surface area contributed by atoms with Crippen molar-refractivity contribution in [1.82, 2.24) is 20.0 Å². The predicted molar refractivity (Wildman–Crippen MR) is 133 cm³/mol. The second kappa shape index (κ2) is 10.5. The number of nitrogens with one attached hydrogen (secondary N) is 1. The van der Waals surface area contributed by atoms with Gasteiger partial charge in [0.2, 0.25) is 5.91 Å². The van der Waals surface area contributed by atoms with E-state index in [2.05, 4.69) is 26.6 Å². The molecule has 10 heteroatoms. The average Bonchev–Trinajstić information content (AvgIpc) is 3.08. The molecule has 1 aromatic carbocycles. The number of likely N-dealkylation sites (N-methyl/N-ethyl adjacent to an activating group) is 1. The monoisotopic (exact) mass is 489 g/mol. The van der Waals surface area contributed by atoms with Crippen LogP contribution in [0.2, 0.25) is 0 Å². The van der Waals surface area contributed by atoms with Gasteiger partial charge in [0, 0.05) is 63.8 Å². The molecule has 1 amide bonds. The summed E-state index contributed by atoms with van der Waals surface area (Å²) in [6, 6.07) is 6.98. The Labute approximate surface area is 202 Å². The number of piperazine rings is 1. The molecule has 3 heterocycles. The molecule has 186 valence electrons. The summed E-state index contributed by atoms with van der Waals surface area (Å²) in [6.45, 7) is 8.80. The highest BCUT2D eigenvalue weighted by molar-refractivity contribution is 8.00. The number of ether oxygens (including phenoxy) is 1. The van der Waals surface area contributed by atoms with Gasteiger partial charge in [-0.2, -0.15) is 8.42 Å². The number of carbonyl (C=O) groups excluding carboxylic acids is 1. The zero-order chi connectivity index (χ0) is 24.3. The Hall–Kier alpha value is -2.43. The molecule has 4 rings (SSSR count). The molecular formula is C24H35N5O4S. The number of carbonyl (C=O) groups is 1. The summed E-state index contributed by atoms with van der Waals surface area (Å²) in [5.41, 5.74) is 1.26. The number of sulfonamides is 1. The van der Waals surface area contributed by atoms with Crippen molar-refractivity contribution in [2.75, 3.05) is 66.5 Å². The van der Waals surface area contributed by atoms with Crippen LogP contribution in [0.15, 0.2) is 34.2 Å². The van der Waals surface area contributed by atoms with Gasteiger partial charge in [0.25, 0.3) is 10.0 Å². The lowest BCUT2D eigenvalue weighted by Crippen LogP contribution is -2.48. The maximum atomic E-state index is 12.8. The summed E-state index contributed by atoms with van der Waals surface area (Å²) in [5.74, 6) is 1.22. The van der Waals surface area contributed by atoms with Gasteiger partial charge < -0.3 is 19.9 Å². The molecule has 0 atom stereocenters. The van der Waals surface area contributed by atoms with E-state index in [-0.39, 0.29) is 16.7 Å². The van der Waals surface area contributed by atoms with Gasteiger partial charge in [-0.1, -0.05) is 0 Å². The third kappa shape index (κ3) is 5.45. The Morgan fingerprint density at radius 2 is 1.74 bits per heavy atom. The largest absolute Gasteiger partial charge is 0.497 e. The first-order chi connectivity index (χ1) is 16.3. The topological polar surface area (TPSA) is 94.6 Å². The van der Waals surface area contributed by atoms with Crippen LogP contribution in [0.25, 0.3) is 4.91 Å². The number of amidine groups is 1. The Kier molecular flexibility index (Phi) is 7.59. The molecule has 2 fully saturated rings. The van der Waals surface area contributed by atoms with Gasteiger partial charge in [-0.25, -0.2) is 0 Å². The van der Waals surface area contributed by atoms with E-state index >= 15 is 0 Å². The lowest BCUT2D eigenvalue weighted by Gasteiger charge is -2.34. The van der Waals surface area contributed by atoms with Gasteiger partial charge in [-0.3, -0.25) is 9.69 Å². The van der Waals surface area contributed by atoms with Gasteiger partial charge in [0.1, 0.15) is 16.5 Å². The van der Waals surface area contributed by atoms with E-state index in [0.717, 1.165) is 32.7 Å². The first kappa shape index (κ1) is 24.7. The summed E-state index contributed by atoms with van der Waals surface area (Å²) in [4.78, 5) is 19.6. The highest BCUT2D eigenvalue weighted by Crippen LogP contribution is 2.35. The maximum Gasteiger partial charge on any atom is 0.285 e. The lowest BCUT2D eigenvalue weighted by molar-refractivity contribution is -0.126. The summed E-state index contributed by atoms with van der Waals surface area (Å²) in [6.07, 6.45) is 1.37. The molecule has 9 nitrogen and oxygen atoms in total. The smallest absolute Gasteiger partial charge is 0.285 e. The van der Waals surface area contributed by atoms with Crippen LogP contribution in [-0.2, 0) is 14.8 Å². The molecule has 3 aliphatic heterocycles. The molecule has 3 aliphatic rings. The number of methoxy groups -OCH3 is 1. The Bertz CT molecular complexity index is 1050. The number of likely N-dealkylation sites (tertiary alicyclic amines) is 1. The van der Waals surface area contributed by atoms with E-state index in [1.54, 1.807) is 38.3 Å². The van der Waals surface area contributed by atoms with Crippen molar-refractivity contribution in [2.45, 2.75) is 19.8 Å². The number of hydrogen-bond acceptors (Lipinski definition) is 7. The van der Waals surface area contributed by atoms with Crippen LogP contribution >= 0.6 is 0 Å². The third-order valence-corrected chi connectivity index (χ3v) is 8.45. The Morgan fingerprint density at radius 3 is 2.35 bits per heavy atom. The van der Waals surface area contributed by atoms with E-state index in [0.29, 0.717) is 55.2 Å². The molecule has 1 aromatic rings. The zero-order valence-corrected chi connectivity index (χ0v) is 21.1. The SMILES string of the molecule is COc1ccc(C2=C(C)C(N3CCC(C(=O)NCCN4CCN(C)CC4)CC3)=NS2(=O)=O)cc1. The summed E-state index contributed by atoms with van der Waals surface area (Å²) in [7, 11) is -0.0573. The fourth-order valence-electron chi connectivity index (χ4n) is 4.83. The van der Waals surface area contributed by atoms with Crippen molar-refractivity contribution >= 4 is 26.7 Å². The molecule has 0 saturated carbocycles. The molecule has 0 spiro atoms. The Morgan fingerprint density at radius 1 is 1.09 bits per heavy atom. The minimum Gasteiger partial charge on any atom is -0.497 e. The molecular weight excluding hydrogens is 454 g/mol. The molecule has 0 aromatic heterocycles. The summed E-state index contributed by atoms with van der Waals surface area (Å²) < 4.78 is 35.0. The van der Waals surface area contributed by atoms with Crippen molar-refractivity contribution in [3.05, 3.63) is 35.4 Å². The van der Waals surface area contributed by atoms with Crippen LogP contribution in [0, 0.1) is 5.92 Å². The Balaban J connectivity index is 1.31. The molecule has 34 heavy (non-hydrogen) atoms. The van der Waals surface area contributed by atoms with Gasteiger partial charge >= 0.3 is 0 Å². The van der Waals surface area contributed by atoms with Crippen LogP contribution < -0.4 is 10.1 Å². The molecule has 0 unspecified atom stereocenters. The fraction of sp³-hybridized carbons (Fsp3) is 0.583. The van der Waals surface area contributed by atoms with Crippen LogP contribution in [-0.4, -0.2) is 101 Å². The number of nitrogens with zero attached hydrogens (tertiary/aromatic N) is 4. The molecule has 0 aliphatic carbocycles. The quantitative estimate of drug-likeness (QED) is 0.643. The van der Waals surface area contributed by atoms with Gasteiger partial charge in [0.15, 0.2) is 0 Å². The molecule has 2 saturated heterocycles. The normalized spacial score (nSPS) is 22.1. The minimum absolute atomic E-state index is 0.0484. The average molecular weight is 490 g/mol. The van der Waals surface area contributed by atoms with Gasteiger partial charge in [-0.05, 0) is 56.6 Å². The van der Waals surface area contributed by atoms with Gasteiger partial charge in [0.05, 0.1) is 7.11 Å². The van der Waals surface area contributed by atoms with E-state index in [4.69, 9.17) is 4.74 Å². The van der Waals surface area contributed by atoms with Crippen LogP contribution in [0.3, 0.4) is 0 Å². The number of amides is 1. The van der Waals surface area contributed by atoms with E-state index in [1.807, 2.05) is 4.90 Å². The molecule has 0 bridgehead atoms. The minimum atomic E-state index is -3.77. The van der Waals surface area contributed by atoms with E-state index in [1.165, 1.54) is 0 Å². The van der Waals surface area contributed by atoms with Crippen LogP contribution in [0.5, 0.6) is 5.75 Å². The van der Waals surface area contributed by atoms with Crippen molar-refractivity contribution in [3.63, 3.8) is 0 Å². The second-order valence-electron chi connectivity index (χ2n) is 9.27.